The standard InChI is InChI=1S/C33H34N10O/c1-19(2)29(39-32(34-4)38-28-14-20(3)42(7)40-28)25-17-35-30-23(25)11-9-13-27(30)43-18-26-22(10-8-12-24(26)31(43)44)21-15-36-33(37-16-21)41(5)6/h8-17,35H,4,18H2,1-3,5-7H3,(H,38,39,40). The van der Waals surface area contributed by atoms with Crippen LogP contribution in [0.5, 0.6) is 0 Å². The summed E-state index contributed by atoms with van der Waals surface area (Å²) in [5.74, 6) is 1.55. The van der Waals surface area contributed by atoms with Gasteiger partial charge in [-0.15, -0.1) is 0 Å². The number of carbonyl (C=O) groups excluding carboxylic acids is 1. The fourth-order valence-electron chi connectivity index (χ4n) is 5.43. The second-order valence-electron chi connectivity index (χ2n) is 11.2. The number of fused-ring (bicyclic) bond motifs is 2. The Morgan fingerprint density at radius 2 is 1.82 bits per heavy atom. The normalized spacial score (nSPS) is 12.9. The molecular weight excluding hydrogens is 552 g/mol. The molecule has 1 aliphatic heterocycles. The number of hydrogen-bond donors (Lipinski definition) is 2. The highest BCUT2D eigenvalue weighted by molar-refractivity contribution is 6.15. The summed E-state index contributed by atoms with van der Waals surface area (Å²) < 4.78 is 1.78. The van der Waals surface area contributed by atoms with Crippen LogP contribution in [0, 0.1) is 6.92 Å². The largest absolute Gasteiger partial charge is 0.359 e. The fraction of sp³-hybridized carbons (Fsp3) is 0.212. The molecule has 44 heavy (non-hydrogen) atoms. The van der Waals surface area contributed by atoms with Crippen molar-refractivity contribution in [2.45, 2.75) is 27.3 Å². The van der Waals surface area contributed by atoms with Crippen LogP contribution in [-0.4, -0.2) is 57.4 Å². The first-order valence-electron chi connectivity index (χ1n) is 14.2. The molecular formula is C33H34N10O. The lowest BCUT2D eigenvalue weighted by atomic mass is 9.99. The number of aryl methyl sites for hydroxylation is 2. The van der Waals surface area contributed by atoms with Crippen LogP contribution >= 0.6 is 0 Å². The number of hydrogen-bond acceptors (Lipinski definition) is 6. The van der Waals surface area contributed by atoms with Gasteiger partial charge in [0.05, 0.1) is 23.4 Å². The van der Waals surface area contributed by atoms with Crippen LogP contribution in [-0.2, 0) is 13.6 Å². The molecule has 1 amide bonds. The maximum Gasteiger partial charge on any atom is 0.259 e. The lowest BCUT2D eigenvalue weighted by Crippen LogP contribution is -2.23. The van der Waals surface area contributed by atoms with Crippen LogP contribution in [0.15, 0.2) is 76.6 Å². The van der Waals surface area contributed by atoms with Crippen molar-refractivity contribution >= 4 is 52.6 Å². The van der Waals surface area contributed by atoms with E-state index in [0.717, 1.165) is 55.8 Å². The zero-order valence-electron chi connectivity index (χ0n) is 25.7. The van der Waals surface area contributed by atoms with Crippen LogP contribution in [0.3, 0.4) is 0 Å². The van der Waals surface area contributed by atoms with Crippen molar-refractivity contribution in [1.82, 2.24) is 24.7 Å². The Balaban J connectivity index is 1.36. The van der Waals surface area contributed by atoms with Gasteiger partial charge in [-0.2, -0.15) is 5.10 Å². The molecule has 1 aliphatic rings. The Hall–Kier alpha value is -5.58. The highest BCUT2D eigenvalue weighted by atomic mass is 16.2. The van der Waals surface area contributed by atoms with Gasteiger partial charge in [-0.05, 0) is 56.3 Å². The number of H-pyrrole nitrogens is 1. The molecule has 5 aromatic rings. The molecule has 6 rings (SSSR count). The molecule has 11 nitrogen and oxygen atoms in total. The van der Waals surface area contributed by atoms with Crippen LogP contribution in [0.4, 0.5) is 17.5 Å². The Labute approximate surface area is 255 Å². The molecule has 0 fully saturated rings. The van der Waals surface area contributed by atoms with E-state index in [0.29, 0.717) is 29.8 Å². The SMILES string of the molecule is C=N/C(=N\C(=C(C)C)c1c[nH]c2c(N3Cc4c(cccc4-c4cnc(N(C)C)nc4)C3=O)cccc12)Nc1cc(C)n(C)n1. The number of rotatable bonds is 6. The molecule has 3 aromatic heterocycles. The Morgan fingerprint density at radius 3 is 2.48 bits per heavy atom. The second kappa shape index (κ2) is 11.3. The van der Waals surface area contributed by atoms with Crippen LogP contribution in [0.2, 0.25) is 0 Å². The number of anilines is 3. The summed E-state index contributed by atoms with van der Waals surface area (Å²) in [5, 5.41) is 8.55. The molecule has 0 radical (unpaired) electrons. The van der Waals surface area contributed by atoms with Crippen LogP contribution in [0.25, 0.3) is 27.7 Å². The van der Waals surface area contributed by atoms with Gasteiger partial charge in [0.15, 0.2) is 5.82 Å². The Kier molecular flexibility index (Phi) is 7.30. The van der Waals surface area contributed by atoms with Crippen molar-refractivity contribution in [3.05, 3.63) is 89.0 Å². The number of guanidine groups is 1. The van der Waals surface area contributed by atoms with E-state index in [9.17, 15) is 4.79 Å². The van der Waals surface area contributed by atoms with Gasteiger partial charge >= 0.3 is 0 Å². The number of para-hydroxylation sites is 1. The fourth-order valence-corrected chi connectivity index (χ4v) is 5.43. The van der Waals surface area contributed by atoms with Gasteiger partial charge < -0.3 is 20.1 Å². The van der Waals surface area contributed by atoms with Crippen molar-refractivity contribution in [3.63, 3.8) is 0 Å². The molecule has 11 heteroatoms. The number of allylic oxidation sites excluding steroid dienone is 1. The zero-order valence-corrected chi connectivity index (χ0v) is 25.7. The maximum atomic E-state index is 13.8. The molecule has 0 unspecified atom stereocenters. The van der Waals surface area contributed by atoms with Gasteiger partial charge in [0, 0.05) is 73.6 Å². The third-order valence-corrected chi connectivity index (χ3v) is 7.75. The minimum Gasteiger partial charge on any atom is -0.359 e. The minimum absolute atomic E-state index is 0.0511. The molecule has 2 aromatic carbocycles. The predicted octanol–water partition coefficient (Wildman–Crippen LogP) is 5.81. The molecule has 0 saturated carbocycles. The van der Waals surface area contributed by atoms with Gasteiger partial charge in [-0.3, -0.25) is 9.48 Å². The molecule has 0 atom stereocenters. The molecule has 222 valence electrons. The van der Waals surface area contributed by atoms with E-state index in [1.54, 1.807) is 17.1 Å². The first-order valence-corrected chi connectivity index (χ1v) is 14.2. The Morgan fingerprint density at radius 1 is 1.09 bits per heavy atom. The number of nitrogens with one attached hydrogen (secondary N) is 2. The second-order valence-corrected chi connectivity index (χ2v) is 11.2. The molecule has 0 saturated heterocycles. The first-order chi connectivity index (χ1) is 21.2. The zero-order chi connectivity index (χ0) is 31.1. The van der Waals surface area contributed by atoms with Gasteiger partial charge in [0.25, 0.3) is 5.91 Å². The van der Waals surface area contributed by atoms with Gasteiger partial charge in [0.2, 0.25) is 11.9 Å². The summed E-state index contributed by atoms with van der Waals surface area (Å²) in [6, 6.07) is 13.7. The van der Waals surface area contributed by atoms with E-state index < -0.39 is 0 Å². The molecule has 0 bridgehead atoms. The van der Waals surface area contributed by atoms with Gasteiger partial charge in [-0.1, -0.05) is 24.3 Å². The number of amides is 1. The average molecular weight is 587 g/mol. The van der Waals surface area contributed by atoms with E-state index in [4.69, 9.17) is 4.99 Å². The monoisotopic (exact) mass is 586 g/mol. The predicted molar refractivity (Wildman–Crippen MR) is 177 cm³/mol. The van der Waals surface area contributed by atoms with Crippen LogP contribution in [0.1, 0.15) is 41.0 Å². The van der Waals surface area contributed by atoms with E-state index in [1.165, 1.54) is 0 Å². The van der Waals surface area contributed by atoms with Gasteiger partial charge in [-0.25, -0.2) is 20.0 Å². The van der Waals surface area contributed by atoms with Crippen LogP contribution < -0.4 is 15.1 Å². The number of aromatic amines is 1. The van der Waals surface area contributed by atoms with Crippen molar-refractivity contribution in [2.75, 3.05) is 29.2 Å². The van der Waals surface area contributed by atoms with Crippen molar-refractivity contribution < 1.29 is 4.79 Å². The van der Waals surface area contributed by atoms with E-state index >= 15 is 0 Å². The smallest absolute Gasteiger partial charge is 0.259 e. The summed E-state index contributed by atoms with van der Waals surface area (Å²) in [6.07, 6.45) is 5.54. The average Bonchev–Trinajstić information content (AvgIpc) is 3.69. The quantitative estimate of drug-likeness (QED) is 0.191. The van der Waals surface area contributed by atoms with E-state index in [2.05, 4.69) is 37.1 Å². The minimum atomic E-state index is -0.0511. The lowest BCUT2D eigenvalue weighted by molar-refractivity contribution is 0.0997. The topological polar surface area (TPSA) is 120 Å². The number of benzene rings is 2. The number of aliphatic imine (C=N–C) groups is 2. The summed E-state index contributed by atoms with van der Waals surface area (Å²) in [6.45, 7) is 10.1. The number of aromatic nitrogens is 5. The van der Waals surface area contributed by atoms with Crippen molar-refractivity contribution in [1.29, 1.82) is 0 Å². The summed E-state index contributed by atoms with van der Waals surface area (Å²) in [4.78, 5) is 38.8. The van der Waals surface area contributed by atoms with E-state index in [-0.39, 0.29) is 5.91 Å². The Bertz CT molecular complexity index is 1950. The van der Waals surface area contributed by atoms with Crippen molar-refractivity contribution in [3.8, 4) is 11.1 Å². The summed E-state index contributed by atoms with van der Waals surface area (Å²) in [7, 11) is 5.69. The highest BCUT2D eigenvalue weighted by Gasteiger charge is 2.32. The van der Waals surface area contributed by atoms with Gasteiger partial charge in [0.1, 0.15) is 0 Å². The summed E-state index contributed by atoms with van der Waals surface area (Å²) in [5.41, 5.74) is 8.72. The highest BCUT2D eigenvalue weighted by Crippen LogP contribution is 2.39. The molecule has 0 spiro atoms. The maximum absolute atomic E-state index is 13.8. The molecule has 2 N–H and O–H groups in total. The lowest BCUT2D eigenvalue weighted by Gasteiger charge is -2.17. The molecule has 0 aliphatic carbocycles. The third kappa shape index (κ3) is 5.02. The number of carbonyl (C=O) groups is 1. The first kappa shape index (κ1) is 28.5. The number of nitrogens with zero attached hydrogens (tertiary/aromatic N) is 8. The van der Waals surface area contributed by atoms with Crippen molar-refractivity contribution in [2.24, 2.45) is 17.0 Å². The summed E-state index contributed by atoms with van der Waals surface area (Å²) >= 11 is 0. The third-order valence-electron chi connectivity index (χ3n) is 7.75. The molecule has 4 heterocycles. The van der Waals surface area contributed by atoms with E-state index in [1.807, 2.05) is 100 Å².